The number of amides is 1. The Bertz CT molecular complexity index is 1050. The zero-order valence-corrected chi connectivity index (χ0v) is 16.0. The molecule has 9 nitrogen and oxygen atoms in total. The Morgan fingerprint density at radius 2 is 1.77 bits per heavy atom. The molecular formula is C21H19N5O4. The van der Waals surface area contributed by atoms with Gasteiger partial charge in [0.25, 0.3) is 11.6 Å². The summed E-state index contributed by atoms with van der Waals surface area (Å²) in [6, 6.07) is 13.1. The Balaban J connectivity index is 1.52. The third-order valence-electron chi connectivity index (χ3n) is 4.75. The second-order valence-corrected chi connectivity index (χ2v) is 6.76. The van der Waals surface area contributed by atoms with Crippen LogP contribution in [-0.2, 0) is 0 Å². The van der Waals surface area contributed by atoms with Gasteiger partial charge in [-0.15, -0.1) is 0 Å². The van der Waals surface area contributed by atoms with Gasteiger partial charge in [0.05, 0.1) is 16.2 Å². The van der Waals surface area contributed by atoms with E-state index in [9.17, 15) is 14.9 Å². The van der Waals surface area contributed by atoms with Crippen LogP contribution in [-0.4, -0.2) is 33.9 Å². The maximum absolute atomic E-state index is 12.9. The van der Waals surface area contributed by atoms with Crippen molar-refractivity contribution < 1.29 is 14.5 Å². The molecular weight excluding hydrogens is 386 g/mol. The smallest absolute Gasteiger partial charge is 0.321 e. The highest BCUT2D eigenvalue weighted by atomic mass is 16.6. The van der Waals surface area contributed by atoms with E-state index >= 15 is 0 Å². The summed E-state index contributed by atoms with van der Waals surface area (Å²) in [7, 11) is 0. The lowest BCUT2D eigenvalue weighted by atomic mass is 10.1. The average Bonchev–Trinajstić information content (AvgIpc) is 3.30. The van der Waals surface area contributed by atoms with Crippen molar-refractivity contribution in [1.82, 2.24) is 9.97 Å². The molecule has 9 heteroatoms. The summed E-state index contributed by atoms with van der Waals surface area (Å²) < 4.78 is 5.54. The van der Waals surface area contributed by atoms with Crippen molar-refractivity contribution in [2.45, 2.75) is 12.8 Å². The number of hydrogen-bond acceptors (Lipinski definition) is 7. The number of nitrogens with one attached hydrogen (secondary N) is 1. The number of carbonyl (C=O) groups excluding carboxylic acids is 1. The minimum atomic E-state index is -0.498. The van der Waals surface area contributed by atoms with Crippen LogP contribution in [0, 0.1) is 10.1 Å². The minimum absolute atomic E-state index is 0.116. The molecule has 2 heterocycles. The molecule has 1 aliphatic heterocycles. The van der Waals surface area contributed by atoms with E-state index in [0.717, 1.165) is 25.9 Å². The molecule has 1 saturated heterocycles. The highest BCUT2D eigenvalue weighted by Gasteiger charge is 2.22. The SMILES string of the molecule is O=C(Nc1ccc(Oc2ncccn2)cc1)c1cc([N+](=O)[O-])ccc1N1CCCC1. The van der Waals surface area contributed by atoms with Crippen molar-refractivity contribution in [2.24, 2.45) is 0 Å². The summed E-state index contributed by atoms with van der Waals surface area (Å²) in [5.41, 5.74) is 1.41. The molecule has 0 radical (unpaired) electrons. The topological polar surface area (TPSA) is 110 Å². The molecule has 30 heavy (non-hydrogen) atoms. The van der Waals surface area contributed by atoms with Crippen LogP contribution < -0.4 is 15.0 Å². The Hall–Kier alpha value is -4.01. The molecule has 3 aromatic rings. The zero-order valence-electron chi connectivity index (χ0n) is 16.0. The predicted octanol–water partition coefficient (Wildman–Crippen LogP) is 4.03. The van der Waals surface area contributed by atoms with Crippen LogP contribution in [0.15, 0.2) is 60.9 Å². The fourth-order valence-corrected chi connectivity index (χ4v) is 3.30. The van der Waals surface area contributed by atoms with E-state index < -0.39 is 10.8 Å². The van der Waals surface area contributed by atoms with E-state index in [1.807, 2.05) is 0 Å². The quantitative estimate of drug-likeness (QED) is 0.487. The van der Waals surface area contributed by atoms with Crippen LogP contribution in [0.2, 0.25) is 0 Å². The molecule has 0 atom stereocenters. The minimum Gasteiger partial charge on any atom is -0.424 e. The zero-order chi connectivity index (χ0) is 20.9. The fourth-order valence-electron chi connectivity index (χ4n) is 3.30. The van der Waals surface area contributed by atoms with Gasteiger partial charge in [0, 0.05) is 43.3 Å². The number of rotatable bonds is 6. The van der Waals surface area contributed by atoms with Gasteiger partial charge in [0.2, 0.25) is 0 Å². The number of nitro groups is 1. The van der Waals surface area contributed by atoms with Gasteiger partial charge >= 0.3 is 6.01 Å². The molecule has 1 aliphatic rings. The van der Waals surface area contributed by atoms with Gasteiger partial charge < -0.3 is 15.0 Å². The van der Waals surface area contributed by atoms with Crippen molar-refractivity contribution in [3.8, 4) is 11.8 Å². The van der Waals surface area contributed by atoms with Crippen molar-refractivity contribution in [2.75, 3.05) is 23.3 Å². The second-order valence-electron chi connectivity index (χ2n) is 6.76. The summed E-state index contributed by atoms with van der Waals surface area (Å²) in [4.78, 5) is 33.7. The molecule has 1 aromatic heterocycles. The van der Waals surface area contributed by atoms with E-state index in [1.54, 1.807) is 48.8 Å². The lowest BCUT2D eigenvalue weighted by Crippen LogP contribution is -2.23. The molecule has 4 rings (SSSR count). The maximum Gasteiger partial charge on any atom is 0.321 e. The standard InChI is InChI=1S/C21H19N5O4/c27-20(18-14-16(26(28)29)6-9-19(18)25-12-1-2-13-25)24-15-4-7-17(8-5-15)30-21-22-10-3-11-23-21/h3-11,14H,1-2,12-13H2,(H,24,27). The van der Waals surface area contributed by atoms with Gasteiger partial charge in [-0.05, 0) is 49.2 Å². The lowest BCUT2D eigenvalue weighted by molar-refractivity contribution is -0.384. The van der Waals surface area contributed by atoms with Crippen LogP contribution >= 0.6 is 0 Å². The van der Waals surface area contributed by atoms with Crippen molar-refractivity contribution in [1.29, 1.82) is 0 Å². The first-order valence-electron chi connectivity index (χ1n) is 9.50. The molecule has 1 fully saturated rings. The number of nitrogens with zero attached hydrogens (tertiary/aromatic N) is 4. The van der Waals surface area contributed by atoms with Crippen LogP contribution in [0.25, 0.3) is 0 Å². The van der Waals surface area contributed by atoms with E-state index in [2.05, 4.69) is 20.2 Å². The van der Waals surface area contributed by atoms with E-state index in [4.69, 9.17) is 4.74 Å². The molecule has 0 bridgehead atoms. The first-order chi connectivity index (χ1) is 14.6. The second kappa shape index (κ2) is 8.56. The molecule has 152 valence electrons. The highest BCUT2D eigenvalue weighted by molar-refractivity contribution is 6.08. The Morgan fingerprint density at radius 3 is 2.43 bits per heavy atom. The Morgan fingerprint density at radius 1 is 1.07 bits per heavy atom. The third kappa shape index (κ3) is 4.35. The van der Waals surface area contributed by atoms with E-state index in [1.165, 1.54) is 12.1 Å². The van der Waals surface area contributed by atoms with Gasteiger partial charge in [0.15, 0.2) is 0 Å². The predicted molar refractivity (Wildman–Crippen MR) is 111 cm³/mol. The summed E-state index contributed by atoms with van der Waals surface area (Å²) in [6.07, 6.45) is 5.22. The molecule has 0 spiro atoms. The van der Waals surface area contributed by atoms with E-state index in [0.29, 0.717) is 17.1 Å². The van der Waals surface area contributed by atoms with Gasteiger partial charge in [-0.25, -0.2) is 9.97 Å². The van der Waals surface area contributed by atoms with Crippen molar-refractivity contribution in [3.63, 3.8) is 0 Å². The van der Waals surface area contributed by atoms with Gasteiger partial charge in [-0.1, -0.05) is 0 Å². The number of hydrogen-bond donors (Lipinski definition) is 1. The normalized spacial score (nSPS) is 13.1. The number of carbonyl (C=O) groups is 1. The first kappa shape index (κ1) is 19.3. The maximum atomic E-state index is 12.9. The van der Waals surface area contributed by atoms with Crippen LogP contribution in [0.4, 0.5) is 17.1 Å². The molecule has 2 aromatic carbocycles. The lowest BCUT2D eigenvalue weighted by Gasteiger charge is -2.21. The largest absolute Gasteiger partial charge is 0.424 e. The van der Waals surface area contributed by atoms with Gasteiger partial charge in [-0.2, -0.15) is 0 Å². The van der Waals surface area contributed by atoms with Crippen LogP contribution in [0.5, 0.6) is 11.8 Å². The fraction of sp³-hybridized carbons (Fsp3) is 0.190. The average molecular weight is 405 g/mol. The number of nitro benzene ring substituents is 1. The number of non-ortho nitro benzene ring substituents is 1. The number of anilines is 2. The van der Waals surface area contributed by atoms with Crippen LogP contribution in [0.3, 0.4) is 0 Å². The van der Waals surface area contributed by atoms with Crippen molar-refractivity contribution in [3.05, 3.63) is 76.6 Å². The first-order valence-corrected chi connectivity index (χ1v) is 9.50. The Labute approximate surface area is 172 Å². The van der Waals surface area contributed by atoms with Crippen LogP contribution in [0.1, 0.15) is 23.2 Å². The molecule has 1 amide bonds. The summed E-state index contributed by atoms with van der Waals surface area (Å²) >= 11 is 0. The number of aromatic nitrogens is 2. The molecule has 0 unspecified atom stereocenters. The Kier molecular flexibility index (Phi) is 5.51. The molecule has 0 saturated carbocycles. The number of benzene rings is 2. The van der Waals surface area contributed by atoms with Crippen molar-refractivity contribution >= 4 is 23.0 Å². The molecule has 1 N–H and O–H groups in total. The summed E-state index contributed by atoms with van der Waals surface area (Å²) in [6.45, 7) is 1.65. The summed E-state index contributed by atoms with van der Waals surface area (Å²) in [5.74, 6) is 0.118. The van der Waals surface area contributed by atoms with Gasteiger partial charge in [0.1, 0.15) is 5.75 Å². The monoisotopic (exact) mass is 405 g/mol. The molecule has 0 aliphatic carbocycles. The van der Waals surface area contributed by atoms with E-state index in [-0.39, 0.29) is 17.3 Å². The third-order valence-corrected chi connectivity index (χ3v) is 4.75. The summed E-state index contributed by atoms with van der Waals surface area (Å²) in [5, 5.41) is 14.0. The highest BCUT2D eigenvalue weighted by Crippen LogP contribution is 2.29. The van der Waals surface area contributed by atoms with Gasteiger partial charge in [-0.3, -0.25) is 14.9 Å². The number of ether oxygens (including phenoxy) is 1.